The van der Waals surface area contributed by atoms with Crippen LogP contribution in [0.5, 0.6) is 0 Å². The summed E-state index contributed by atoms with van der Waals surface area (Å²) < 4.78 is 78.1. The average Bonchev–Trinajstić information content (AvgIpc) is 3.79. The zero-order valence-electron chi connectivity index (χ0n) is 40.9. The fourth-order valence-electron chi connectivity index (χ4n) is 7.80. The van der Waals surface area contributed by atoms with Gasteiger partial charge in [-0.05, 0) is 105 Å². The number of benzene rings is 6. The Hall–Kier alpha value is -7.11. The molecule has 0 aliphatic carbocycles. The van der Waals surface area contributed by atoms with E-state index in [9.17, 15) is 11.0 Å². The normalized spacial score (nSPS) is 14.2. The predicted octanol–water partition coefficient (Wildman–Crippen LogP) is 12.6. The molecule has 6 heteroatoms. The van der Waals surface area contributed by atoms with E-state index < -0.39 is 25.5 Å². The summed E-state index contributed by atoms with van der Waals surface area (Å²) >= 11 is 0. The number of para-hydroxylation sites is 2. The minimum atomic E-state index is -2.82. The Morgan fingerprint density at radius 3 is 1.69 bits per heavy atom. The summed E-state index contributed by atoms with van der Waals surface area (Å²) in [5, 5.41) is 1.59. The molecule has 0 fully saturated rings. The van der Waals surface area contributed by atoms with Crippen molar-refractivity contribution in [1.29, 1.82) is 0 Å². The molecule has 11 rings (SSSR count). The molecule has 0 saturated carbocycles. The van der Waals surface area contributed by atoms with Crippen molar-refractivity contribution in [3.63, 3.8) is 0 Å². The topological polar surface area (TPSA) is 56.0 Å². The van der Waals surface area contributed by atoms with E-state index in [0.717, 1.165) is 27.3 Å². The molecule has 6 aromatic carbocycles. The zero-order valence-corrected chi connectivity index (χ0v) is 35.3. The third-order valence-electron chi connectivity index (χ3n) is 10.7. The van der Waals surface area contributed by atoms with Crippen molar-refractivity contribution < 1.29 is 31.1 Å². The molecule has 0 bridgehead atoms. The molecule has 0 atom stereocenters. The Morgan fingerprint density at radius 1 is 0.484 bits per heavy atom. The molecule has 0 radical (unpaired) electrons. The van der Waals surface area contributed by atoms with E-state index >= 15 is 0 Å². The van der Waals surface area contributed by atoms with Crippen LogP contribution in [-0.4, -0.2) is 24.3 Å². The molecule has 0 spiro atoms. The van der Waals surface area contributed by atoms with Crippen molar-refractivity contribution >= 4 is 38.5 Å². The van der Waals surface area contributed by atoms with Gasteiger partial charge in [0.1, 0.15) is 5.65 Å². The van der Waals surface area contributed by atoms with E-state index in [0.29, 0.717) is 55.9 Å². The summed E-state index contributed by atoms with van der Waals surface area (Å²) in [7, 11) is 0. The molecule has 0 aliphatic heterocycles. The van der Waals surface area contributed by atoms with Gasteiger partial charge in [-0.1, -0.05) is 78.9 Å². The first-order valence-corrected chi connectivity index (χ1v) is 19.9. The van der Waals surface area contributed by atoms with E-state index in [1.54, 1.807) is 30.5 Å². The standard InChI is InChI=1S/C56H38N5.Ir/c1-3-13-42(14-4-1)50-29-27-38(35-57-50)23-25-40-31-41(26-24-39-28-30-51(58-36-39)43-15-5-2-6-16-43)33-44(32-40)46-17-7-8-18-47(46)45-34-49-55(59-37-45)48-19-9-11-21-53(48)61-54-22-12-10-20-52(54)60-56(49)61;/h1-13,15,17-18,20-22,27-37H,23-26H2;/q-3;+3/i23D2,24D2,25D2,26D2;. The first kappa shape index (κ1) is 30.8. The SMILES string of the molecule is [2H]C([2H])(c1ccc(-c2[c-]cccc2)nc1)C([2H])([2H])c1cc(-c2ccccc2-c2cnc3c4[c-]cccc4n4c5ccccc5nc4c3c2)cc(C([2H])([2H])C([2H])([2H])c2ccc(-c3[c-]cccc3)nc2)c1.[Ir+3]. The smallest absolute Gasteiger partial charge is 0.335 e. The monoisotopic (exact) mass is 981 g/mol. The van der Waals surface area contributed by atoms with E-state index in [1.165, 1.54) is 42.7 Å². The summed E-state index contributed by atoms with van der Waals surface area (Å²) in [6, 6.07) is 57.8. The maximum atomic E-state index is 9.61. The predicted molar refractivity (Wildman–Crippen MR) is 247 cm³/mol. The fraction of sp³-hybridized carbons (Fsp3) is 0.0714. The number of hydrogen-bond acceptors (Lipinski definition) is 4. The van der Waals surface area contributed by atoms with Crippen LogP contribution < -0.4 is 0 Å². The number of hydrogen-bond donors (Lipinski definition) is 0. The summed E-state index contributed by atoms with van der Waals surface area (Å²) in [6.07, 6.45) is -6.68. The van der Waals surface area contributed by atoms with Crippen LogP contribution in [-0.2, 0) is 45.6 Å². The van der Waals surface area contributed by atoms with Crippen LogP contribution in [0.2, 0.25) is 0 Å². The quantitative estimate of drug-likeness (QED) is 0.101. The van der Waals surface area contributed by atoms with Crippen LogP contribution in [0.1, 0.15) is 33.2 Å². The minimum Gasteiger partial charge on any atom is -0.335 e. The molecule has 5 nitrogen and oxygen atoms in total. The molecule has 62 heavy (non-hydrogen) atoms. The molecule has 5 heterocycles. The van der Waals surface area contributed by atoms with E-state index in [1.807, 2.05) is 109 Å². The third kappa shape index (κ3) is 7.60. The summed E-state index contributed by atoms with van der Waals surface area (Å²) in [4.78, 5) is 19.0. The van der Waals surface area contributed by atoms with Crippen molar-refractivity contribution in [2.75, 3.05) is 0 Å². The molecular formula is C56H38IrN5. The largest absolute Gasteiger partial charge is 3.00 e. The Bertz CT molecular complexity index is 3610. The average molecular weight is 981 g/mol. The van der Waals surface area contributed by atoms with Crippen LogP contribution in [0.3, 0.4) is 0 Å². The van der Waals surface area contributed by atoms with Crippen LogP contribution >= 0.6 is 0 Å². The maximum absolute atomic E-state index is 9.61. The Morgan fingerprint density at radius 2 is 1.06 bits per heavy atom. The molecule has 0 N–H and O–H groups in total. The first-order valence-electron chi connectivity index (χ1n) is 23.9. The Balaban J connectivity index is 0.00000567. The second kappa shape index (κ2) is 17.1. The number of pyridine rings is 4. The van der Waals surface area contributed by atoms with Gasteiger partial charge in [0.05, 0.1) is 11.0 Å². The number of nitrogens with zero attached hydrogens (tertiary/aromatic N) is 5. The number of aryl methyl sites for hydroxylation is 4. The zero-order chi connectivity index (χ0) is 47.7. The van der Waals surface area contributed by atoms with Crippen molar-refractivity contribution in [3.8, 4) is 44.8 Å². The second-order valence-corrected chi connectivity index (χ2v) is 14.6. The minimum absolute atomic E-state index is 0. The van der Waals surface area contributed by atoms with Gasteiger partial charge >= 0.3 is 20.1 Å². The Kier molecular flexibility index (Phi) is 8.51. The van der Waals surface area contributed by atoms with Crippen molar-refractivity contribution in [1.82, 2.24) is 24.3 Å². The molecule has 296 valence electrons. The van der Waals surface area contributed by atoms with Gasteiger partial charge in [-0.15, -0.1) is 101 Å². The fourth-order valence-corrected chi connectivity index (χ4v) is 7.80. The van der Waals surface area contributed by atoms with Gasteiger partial charge in [-0.25, -0.2) is 4.98 Å². The maximum Gasteiger partial charge on any atom is 3.00 e. The number of aromatic nitrogens is 5. The summed E-state index contributed by atoms with van der Waals surface area (Å²) in [6.45, 7) is 0. The van der Waals surface area contributed by atoms with Gasteiger partial charge in [0.15, 0.2) is 0 Å². The van der Waals surface area contributed by atoms with E-state index in [2.05, 4.69) is 32.6 Å². The van der Waals surface area contributed by atoms with Crippen molar-refractivity contribution in [2.24, 2.45) is 0 Å². The van der Waals surface area contributed by atoms with Gasteiger partial charge in [-0.3, -0.25) is 0 Å². The van der Waals surface area contributed by atoms with Gasteiger partial charge in [0.25, 0.3) is 0 Å². The molecule has 11 aromatic rings. The third-order valence-corrected chi connectivity index (χ3v) is 10.7. The van der Waals surface area contributed by atoms with Gasteiger partial charge in [0.2, 0.25) is 0 Å². The van der Waals surface area contributed by atoms with Gasteiger partial charge in [-0.2, -0.15) is 0 Å². The van der Waals surface area contributed by atoms with Gasteiger partial charge < -0.3 is 19.4 Å². The molecular weight excluding hydrogens is 935 g/mol. The molecule has 0 aliphatic rings. The number of fused-ring (bicyclic) bond motifs is 8. The first-order chi connectivity index (χ1) is 33.2. The van der Waals surface area contributed by atoms with E-state index in [-0.39, 0.29) is 42.4 Å². The molecule has 0 saturated heterocycles. The van der Waals surface area contributed by atoms with E-state index in [4.69, 9.17) is 9.97 Å². The van der Waals surface area contributed by atoms with Crippen LogP contribution in [0.15, 0.2) is 182 Å². The number of rotatable bonds is 10. The molecule has 0 unspecified atom stereocenters. The van der Waals surface area contributed by atoms with Crippen LogP contribution in [0, 0.1) is 18.2 Å². The molecule has 5 aromatic heterocycles. The molecule has 0 amide bonds. The van der Waals surface area contributed by atoms with Crippen molar-refractivity contribution in [2.45, 2.75) is 25.5 Å². The van der Waals surface area contributed by atoms with Gasteiger partial charge in [0, 0.05) is 40.5 Å². The number of imidazole rings is 1. The van der Waals surface area contributed by atoms with Crippen molar-refractivity contribution in [3.05, 3.63) is 223 Å². The summed E-state index contributed by atoms with van der Waals surface area (Å²) in [5.74, 6) is 0. The van der Waals surface area contributed by atoms with Crippen LogP contribution in [0.25, 0.3) is 83.3 Å². The second-order valence-electron chi connectivity index (χ2n) is 14.6. The Labute approximate surface area is 385 Å². The van der Waals surface area contributed by atoms with Crippen LogP contribution in [0.4, 0.5) is 0 Å². The summed E-state index contributed by atoms with van der Waals surface area (Å²) in [5.41, 5.74) is 8.30.